The van der Waals surface area contributed by atoms with Crippen LogP contribution in [0.5, 0.6) is 0 Å². The van der Waals surface area contributed by atoms with Crippen molar-refractivity contribution in [1.82, 2.24) is 0 Å². The van der Waals surface area contributed by atoms with E-state index in [1.165, 1.54) is 6.07 Å². The first-order valence-electron chi connectivity index (χ1n) is 4.46. The first-order chi connectivity index (χ1) is 6.43. The van der Waals surface area contributed by atoms with Crippen LogP contribution in [0, 0.1) is 13.8 Å². The Morgan fingerprint density at radius 3 is 2.36 bits per heavy atom. The van der Waals surface area contributed by atoms with E-state index in [0.717, 1.165) is 11.1 Å². The lowest BCUT2D eigenvalue weighted by Crippen LogP contribution is -2.03. The van der Waals surface area contributed by atoms with Crippen molar-refractivity contribution in [1.29, 1.82) is 0 Å². The summed E-state index contributed by atoms with van der Waals surface area (Å²) in [5, 5.41) is 18.3. The fourth-order valence-corrected chi connectivity index (χ4v) is 1.44. The first kappa shape index (κ1) is 10.7. The lowest BCUT2D eigenvalue weighted by molar-refractivity contribution is 0.0696. The third-order valence-corrected chi connectivity index (χ3v) is 2.40. The zero-order valence-corrected chi connectivity index (χ0v) is 8.53. The van der Waals surface area contributed by atoms with Gasteiger partial charge in [0.1, 0.15) is 0 Å². The third kappa shape index (κ3) is 1.93. The number of aliphatic hydroxyl groups is 1. The van der Waals surface area contributed by atoms with E-state index in [4.69, 9.17) is 5.11 Å². The van der Waals surface area contributed by atoms with E-state index in [1.54, 1.807) is 13.0 Å². The number of rotatable bonds is 2. The summed E-state index contributed by atoms with van der Waals surface area (Å²) < 4.78 is 0. The van der Waals surface area contributed by atoms with Gasteiger partial charge in [-0.15, -0.1) is 0 Å². The predicted molar refractivity (Wildman–Crippen MR) is 53.5 cm³/mol. The van der Waals surface area contributed by atoms with E-state index in [1.807, 2.05) is 13.8 Å². The molecule has 0 heterocycles. The van der Waals surface area contributed by atoms with Crippen LogP contribution in [0.1, 0.15) is 40.1 Å². The number of hydrogen-bond acceptors (Lipinski definition) is 2. The van der Waals surface area contributed by atoms with E-state index in [-0.39, 0.29) is 5.56 Å². The molecule has 0 aliphatic heterocycles. The highest BCUT2D eigenvalue weighted by atomic mass is 16.4. The van der Waals surface area contributed by atoms with Gasteiger partial charge in [-0.3, -0.25) is 0 Å². The molecule has 1 aromatic carbocycles. The summed E-state index contributed by atoms with van der Waals surface area (Å²) in [5.74, 6) is -0.963. The van der Waals surface area contributed by atoms with E-state index in [2.05, 4.69) is 0 Å². The van der Waals surface area contributed by atoms with Crippen molar-refractivity contribution in [2.75, 3.05) is 0 Å². The van der Waals surface area contributed by atoms with Crippen molar-refractivity contribution >= 4 is 5.97 Å². The van der Waals surface area contributed by atoms with Crippen LogP contribution in [0.4, 0.5) is 0 Å². The Balaban J connectivity index is 3.35. The van der Waals surface area contributed by atoms with E-state index in [9.17, 15) is 9.90 Å². The highest BCUT2D eigenvalue weighted by Gasteiger charge is 2.12. The lowest BCUT2D eigenvalue weighted by atomic mass is 9.96. The SMILES string of the molecule is Cc1cc(C(=O)O)cc(C(C)O)c1C. The molecule has 1 atom stereocenters. The van der Waals surface area contributed by atoms with Gasteiger partial charge in [-0.25, -0.2) is 4.79 Å². The van der Waals surface area contributed by atoms with Crippen LogP contribution in [-0.2, 0) is 0 Å². The van der Waals surface area contributed by atoms with Gasteiger partial charge in [-0.05, 0) is 49.6 Å². The van der Waals surface area contributed by atoms with Crippen LogP contribution in [0.25, 0.3) is 0 Å². The van der Waals surface area contributed by atoms with Crippen molar-refractivity contribution in [2.24, 2.45) is 0 Å². The molecule has 1 unspecified atom stereocenters. The summed E-state index contributed by atoms with van der Waals surface area (Å²) in [7, 11) is 0. The molecule has 0 aromatic heterocycles. The lowest BCUT2D eigenvalue weighted by Gasteiger charge is -2.12. The van der Waals surface area contributed by atoms with E-state index >= 15 is 0 Å². The largest absolute Gasteiger partial charge is 0.478 e. The monoisotopic (exact) mass is 194 g/mol. The third-order valence-electron chi connectivity index (χ3n) is 2.40. The van der Waals surface area contributed by atoms with Crippen LogP contribution in [0.15, 0.2) is 12.1 Å². The standard InChI is InChI=1S/C11H14O3/c1-6-4-9(11(13)14)5-10(7(6)2)8(3)12/h4-5,8,12H,1-3H3,(H,13,14). The van der Waals surface area contributed by atoms with Crippen LogP contribution >= 0.6 is 0 Å². The number of carboxylic acids is 1. The van der Waals surface area contributed by atoms with Crippen molar-refractivity contribution in [3.8, 4) is 0 Å². The number of benzene rings is 1. The molecule has 3 nitrogen and oxygen atoms in total. The smallest absolute Gasteiger partial charge is 0.335 e. The second-order valence-corrected chi connectivity index (χ2v) is 3.49. The maximum atomic E-state index is 10.8. The molecule has 0 aliphatic rings. The van der Waals surface area contributed by atoms with Gasteiger partial charge in [0, 0.05) is 0 Å². The van der Waals surface area contributed by atoms with Gasteiger partial charge in [0.05, 0.1) is 11.7 Å². The molecular formula is C11H14O3. The fourth-order valence-electron chi connectivity index (χ4n) is 1.44. The van der Waals surface area contributed by atoms with Gasteiger partial charge < -0.3 is 10.2 Å². The number of aromatic carboxylic acids is 1. The molecule has 0 amide bonds. The van der Waals surface area contributed by atoms with Gasteiger partial charge in [0.15, 0.2) is 0 Å². The Morgan fingerprint density at radius 1 is 1.36 bits per heavy atom. The predicted octanol–water partition coefficient (Wildman–Crippen LogP) is 2.05. The highest BCUT2D eigenvalue weighted by molar-refractivity contribution is 5.88. The average molecular weight is 194 g/mol. The molecule has 0 aliphatic carbocycles. The Bertz CT molecular complexity index is 367. The van der Waals surface area contributed by atoms with Crippen LogP contribution in [0.2, 0.25) is 0 Å². The first-order valence-corrected chi connectivity index (χ1v) is 4.46. The van der Waals surface area contributed by atoms with Gasteiger partial charge in [-0.2, -0.15) is 0 Å². The minimum Gasteiger partial charge on any atom is -0.478 e. The van der Waals surface area contributed by atoms with Crippen molar-refractivity contribution < 1.29 is 15.0 Å². The van der Waals surface area contributed by atoms with Crippen molar-refractivity contribution in [2.45, 2.75) is 26.9 Å². The number of carbonyl (C=O) groups is 1. The average Bonchev–Trinajstić information content (AvgIpc) is 2.08. The number of aliphatic hydroxyl groups excluding tert-OH is 1. The summed E-state index contributed by atoms with van der Waals surface area (Å²) in [5.41, 5.74) is 2.75. The fraction of sp³-hybridized carbons (Fsp3) is 0.364. The van der Waals surface area contributed by atoms with Crippen molar-refractivity contribution in [3.63, 3.8) is 0 Å². The van der Waals surface area contributed by atoms with Crippen molar-refractivity contribution in [3.05, 3.63) is 34.4 Å². The van der Waals surface area contributed by atoms with Crippen LogP contribution in [-0.4, -0.2) is 16.2 Å². The molecule has 0 fully saturated rings. The minimum absolute atomic E-state index is 0.226. The quantitative estimate of drug-likeness (QED) is 0.757. The summed E-state index contributed by atoms with van der Waals surface area (Å²) in [6, 6.07) is 3.14. The molecule has 0 radical (unpaired) electrons. The number of carboxylic acid groups (broad SMARTS) is 1. The van der Waals surface area contributed by atoms with Gasteiger partial charge in [0.2, 0.25) is 0 Å². The van der Waals surface area contributed by atoms with Gasteiger partial charge in [0.25, 0.3) is 0 Å². The Labute approximate surface area is 83.0 Å². The zero-order chi connectivity index (χ0) is 10.9. The Morgan fingerprint density at radius 2 is 1.93 bits per heavy atom. The maximum absolute atomic E-state index is 10.8. The van der Waals surface area contributed by atoms with E-state index < -0.39 is 12.1 Å². The number of hydrogen-bond donors (Lipinski definition) is 2. The van der Waals surface area contributed by atoms with Gasteiger partial charge >= 0.3 is 5.97 Å². The Hall–Kier alpha value is -1.35. The summed E-state index contributed by atoms with van der Waals surface area (Å²) in [6.07, 6.45) is -0.631. The highest BCUT2D eigenvalue weighted by Crippen LogP contribution is 2.22. The van der Waals surface area contributed by atoms with Crippen LogP contribution < -0.4 is 0 Å². The molecule has 0 bridgehead atoms. The summed E-state index contributed by atoms with van der Waals surface area (Å²) in [6.45, 7) is 5.35. The molecule has 0 saturated heterocycles. The summed E-state index contributed by atoms with van der Waals surface area (Å²) >= 11 is 0. The molecule has 14 heavy (non-hydrogen) atoms. The van der Waals surface area contributed by atoms with Gasteiger partial charge in [-0.1, -0.05) is 0 Å². The number of aryl methyl sites for hydroxylation is 1. The molecular weight excluding hydrogens is 180 g/mol. The normalized spacial score (nSPS) is 12.6. The molecule has 76 valence electrons. The zero-order valence-electron chi connectivity index (χ0n) is 8.53. The van der Waals surface area contributed by atoms with Crippen LogP contribution in [0.3, 0.4) is 0 Å². The second kappa shape index (κ2) is 3.80. The Kier molecular flexibility index (Phi) is 2.91. The molecule has 3 heteroatoms. The maximum Gasteiger partial charge on any atom is 0.335 e. The molecule has 1 aromatic rings. The molecule has 0 spiro atoms. The second-order valence-electron chi connectivity index (χ2n) is 3.49. The van der Waals surface area contributed by atoms with E-state index in [0.29, 0.717) is 5.56 Å². The topological polar surface area (TPSA) is 57.5 Å². The summed E-state index contributed by atoms with van der Waals surface area (Å²) in [4.78, 5) is 10.8. The molecule has 2 N–H and O–H groups in total. The molecule has 0 saturated carbocycles. The minimum atomic E-state index is -0.963. The molecule has 1 rings (SSSR count).